The van der Waals surface area contributed by atoms with Crippen LogP contribution in [0.5, 0.6) is 11.5 Å². The molecule has 2 aromatic rings. The maximum atomic E-state index is 12.7. The number of methoxy groups -OCH3 is 2. The van der Waals surface area contributed by atoms with Crippen LogP contribution in [-0.4, -0.2) is 45.7 Å². The topological polar surface area (TPSA) is 79.9 Å². The molecular weight excluding hydrogens is 450 g/mol. The summed E-state index contributed by atoms with van der Waals surface area (Å²) < 4.78 is 11.2. The number of anilines is 2. The van der Waals surface area contributed by atoms with Crippen LogP contribution in [0.15, 0.2) is 34.8 Å². The highest BCUT2D eigenvalue weighted by Crippen LogP contribution is 2.36. The van der Waals surface area contributed by atoms with Crippen LogP contribution in [0.1, 0.15) is 10.4 Å². The van der Waals surface area contributed by atoms with Gasteiger partial charge >= 0.3 is 0 Å². The summed E-state index contributed by atoms with van der Waals surface area (Å²) in [5.74, 6) is 0.602. The van der Waals surface area contributed by atoms with E-state index in [1.165, 1.54) is 14.2 Å². The number of nitrogens with zero attached hydrogens (tertiary/aromatic N) is 1. The van der Waals surface area contributed by atoms with Crippen molar-refractivity contribution in [2.45, 2.75) is 0 Å². The van der Waals surface area contributed by atoms with Crippen molar-refractivity contribution in [2.75, 3.05) is 44.1 Å². The van der Waals surface area contributed by atoms with Crippen molar-refractivity contribution < 1.29 is 19.1 Å². The molecule has 1 heterocycles. The standard InChI is InChI=1S/C19H19BrClN3O4/c1-27-15-7-11(8-16(28-2)18(15)20)19(26)23-12-3-4-14(13(21)9-12)24-6-5-22-17(25)10-24/h3-4,7-9H,5-6,10H2,1-2H3,(H,22,25)(H,23,26). The minimum Gasteiger partial charge on any atom is -0.495 e. The zero-order valence-corrected chi connectivity index (χ0v) is 17.7. The molecule has 0 atom stereocenters. The van der Waals surface area contributed by atoms with Crippen molar-refractivity contribution >= 4 is 50.7 Å². The van der Waals surface area contributed by atoms with Gasteiger partial charge < -0.3 is 25.0 Å². The Morgan fingerprint density at radius 2 is 1.89 bits per heavy atom. The highest BCUT2D eigenvalue weighted by Gasteiger charge is 2.19. The molecule has 0 bridgehead atoms. The first-order chi connectivity index (χ1) is 13.4. The van der Waals surface area contributed by atoms with Gasteiger partial charge in [0.25, 0.3) is 5.91 Å². The smallest absolute Gasteiger partial charge is 0.255 e. The second-order valence-electron chi connectivity index (χ2n) is 6.09. The lowest BCUT2D eigenvalue weighted by Crippen LogP contribution is -2.47. The van der Waals surface area contributed by atoms with Crippen molar-refractivity contribution in [1.82, 2.24) is 5.32 Å². The molecule has 0 radical (unpaired) electrons. The number of benzene rings is 2. The molecule has 2 N–H and O–H groups in total. The Balaban J connectivity index is 1.79. The molecule has 7 nitrogen and oxygen atoms in total. The van der Waals surface area contributed by atoms with Gasteiger partial charge in [0.15, 0.2) is 0 Å². The van der Waals surface area contributed by atoms with Crippen molar-refractivity contribution in [3.63, 3.8) is 0 Å². The highest BCUT2D eigenvalue weighted by molar-refractivity contribution is 9.10. The first kappa shape index (κ1) is 20.3. The van der Waals surface area contributed by atoms with Gasteiger partial charge in [-0.05, 0) is 46.3 Å². The van der Waals surface area contributed by atoms with E-state index in [-0.39, 0.29) is 18.4 Å². The maximum absolute atomic E-state index is 12.7. The molecule has 0 aromatic heterocycles. The number of hydrogen-bond acceptors (Lipinski definition) is 5. The van der Waals surface area contributed by atoms with E-state index in [9.17, 15) is 9.59 Å². The number of amides is 2. The largest absolute Gasteiger partial charge is 0.495 e. The number of hydrogen-bond donors (Lipinski definition) is 2. The summed E-state index contributed by atoms with van der Waals surface area (Å²) >= 11 is 9.76. The molecule has 1 fully saturated rings. The van der Waals surface area contributed by atoms with Crippen LogP contribution < -0.4 is 25.0 Å². The van der Waals surface area contributed by atoms with Crippen LogP contribution in [0.25, 0.3) is 0 Å². The Labute approximate surface area is 176 Å². The highest BCUT2D eigenvalue weighted by atomic mass is 79.9. The number of halogens is 2. The molecule has 9 heteroatoms. The van der Waals surface area contributed by atoms with Crippen LogP contribution >= 0.6 is 27.5 Å². The molecule has 2 aromatic carbocycles. The Kier molecular flexibility index (Phi) is 6.31. The summed E-state index contributed by atoms with van der Waals surface area (Å²) in [6.07, 6.45) is 0. The van der Waals surface area contributed by atoms with Gasteiger partial charge in [0, 0.05) is 24.3 Å². The van der Waals surface area contributed by atoms with Crippen LogP contribution in [0.4, 0.5) is 11.4 Å². The van der Waals surface area contributed by atoms with E-state index in [0.29, 0.717) is 45.3 Å². The lowest BCUT2D eigenvalue weighted by atomic mass is 10.1. The van der Waals surface area contributed by atoms with Crippen molar-refractivity contribution in [3.05, 3.63) is 45.4 Å². The first-order valence-corrected chi connectivity index (χ1v) is 9.64. The van der Waals surface area contributed by atoms with Crippen LogP contribution in [0.3, 0.4) is 0 Å². The molecule has 0 unspecified atom stereocenters. The summed E-state index contributed by atoms with van der Waals surface area (Å²) in [7, 11) is 3.03. The molecule has 0 aliphatic carbocycles. The zero-order chi connectivity index (χ0) is 20.3. The number of ether oxygens (including phenoxy) is 2. The molecule has 2 amide bonds. The molecule has 148 valence electrons. The molecule has 0 saturated carbocycles. The second kappa shape index (κ2) is 8.70. The first-order valence-electron chi connectivity index (χ1n) is 8.47. The van der Waals surface area contributed by atoms with Crippen LogP contribution in [0, 0.1) is 0 Å². The molecule has 1 aliphatic heterocycles. The molecule has 1 aliphatic rings. The lowest BCUT2D eigenvalue weighted by molar-refractivity contribution is -0.120. The second-order valence-corrected chi connectivity index (χ2v) is 7.29. The van der Waals surface area contributed by atoms with Gasteiger partial charge in [-0.15, -0.1) is 0 Å². The number of piperazine rings is 1. The Hall–Kier alpha value is -2.45. The van der Waals surface area contributed by atoms with Crippen LogP contribution in [0.2, 0.25) is 5.02 Å². The van der Waals surface area contributed by atoms with E-state index in [4.69, 9.17) is 21.1 Å². The minimum atomic E-state index is -0.328. The normalized spacial score (nSPS) is 13.7. The molecule has 0 spiro atoms. The Morgan fingerprint density at radius 1 is 1.21 bits per heavy atom. The van der Waals surface area contributed by atoms with Crippen LogP contribution in [-0.2, 0) is 4.79 Å². The Bertz CT molecular complexity index is 897. The third-order valence-electron chi connectivity index (χ3n) is 4.29. The third kappa shape index (κ3) is 4.34. The van der Waals surface area contributed by atoms with E-state index in [2.05, 4.69) is 26.6 Å². The Morgan fingerprint density at radius 3 is 2.46 bits per heavy atom. The third-order valence-corrected chi connectivity index (χ3v) is 5.38. The monoisotopic (exact) mass is 467 g/mol. The number of carbonyl (C=O) groups excluding carboxylic acids is 2. The maximum Gasteiger partial charge on any atom is 0.255 e. The van der Waals surface area contributed by atoms with Crippen molar-refractivity contribution in [2.24, 2.45) is 0 Å². The average Bonchev–Trinajstić information content (AvgIpc) is 2.68. The van der Waals surface area contributed by atoms with Gasteiger partial charge in [-0.2, -0.15) is 0 Å². The van der Waals surface area contributed by atoms with Gasteiger partial charge in [0.05, 0.1) is 31.5 Å². The molecule has 1 saturated heterocycles. The zero-order valence-electron chi connectivity index (χ0n) is 15.3. The number of rotatable bonds is 5. The van der Waals surface area contributed by atoms with Gasteiger partial charge in [-0.3, -0.25) is 9.59 Å². The summed E-state index contributed by atoms with van der Waals surface area (Å²) in [6.45, 7) is 1.50. The quantitative estimate of drug-likeness (QED) is 0.704. The van der Waals surface area contributed by atoms with E-state index >= 15 is 0 Å². The predicted octanol–water partition coefficient (Wildman–Crippen LogP) is 3.31. The fraction of sp³-hybridized carbons (Fsp3) is 0.263. The SMILES string of the molecule is COc1cc(C(=O)Nc2ccc(N3CCNC(=O)C3)c(Cl)c2)cc(OC)c1Br. The van der Waals surface area contributed by atoms with E-state index in [0.717, 1.165) is 5.69 Å². The number of carbonyl (C=O) groups is 2. The molecule has 28 heavy (non-hydrogen) atoms. The van der Waals surface area contributed by atoms with Gasteiger partial charge in [-0.1, -0.05) is 11.6 Å². The summed E-state index contributed by atoms with van der Waals surface area (Å²) in [4.78, 5) is 26.1. The van der Waals surface area contributed by atoms with Gasteiger partial charge in [0.2, 0.25) is 5.91 Å². The summed E-state index contributed by atoms with van der Waals surface area (Å²) in [6, 6.07) is 8.43. The van der Waals surface area contributed by atoms with Crippen molar-refractivity contribution in [1.29, 1.82) is 0 Å². The predicted molar refractivity (Wildman–Crippen MR) is 112 cm³/mol. The molecule has 3 rings (SSSR count). The lowest BCUT2D eigenvalue weighted by Gasteiger charge is -2.29. The molecular formula is C19H19BrClN3O4. The average molecular weight is 469 g/mol. The van der Waals surface area contributed by atoms with E-state index < -0.39 is 0 Å². The van der Waals surface area contributed by atoms with Crippen molar-refractivity contribution in [3.8, 4) is 11.5 Å². The summed E-state index contributed by atoms with van der Waals surface area (Å²) in [5.41, 5.74) is 1.67. The fourth-order valence-corrected chi connectivity index (χ4v) is 3.74. The summed E-state index contributed by atoms with van der Waals surface area (Å²) in [5, 5.41) is 6.04. The van der Waals surface area contributed by atoms with Gasteiger partial charge in [-0.25, -0.2) is 0 Å². The minimum absolute atomic E-state index is 0.0437. The van der Waals surface area contributed by atoms with E-state index in [1.807, 2.05) is 4.90 Å². The van der Waals surface area contributed by atoms with E-state index in [1.54, 1.807) is 30.3 Å². The number of nitrogens with one attached hydrogen (secondary N) is 2. The fourth-order valence-electron chi connectivity index (χ4n) is 2.89. The van der Waals surface area contributed by atoms with Gasteiger partial charge in [0.1, 0.15) is 16.0 Å².